The van der Waals surface area contributed by atoms with E-state index in [1.54, 1.807) is 13.8 Å². The fourth-order valence-corrected chi connectivity index (χ4v) is 4.53. The molecule has 3 rings (SSSR count). The van der Waals surface area contributed by atoms with E-state index in [0.29, 0.717) is 6.42 Å². The van der Waals surface area contributed by atoms with Crippen molar-refractivity contribution in [2.45, 2.75) is 47.1 Å². The van der Waals surface area contributed by atoms with Crippen molar-refractivity contribution in [3.8, 4) is 0 Å². The molecular formula is C21H32N4O4S. The molecule has 2 heterocycles. The van der Waals surface area contributed by atoms with Gasteiger partial charge in [-0.15, -0.1) is 0 Å². The second-order valence-electron chi connectivity index (χ2n) is 8.92. The molecule has 1 aromatic heterocycles. The summed E-state index contributed by atoms with van der Waals surface area (Å²) < 4.78 is 27.6. The lowest BCUT2D eigenvalue weighted by Gasteiger charge is -2.37. The maximum absolute atomic E-state index is 12.8. The molecule has 166 valence electrons. The van der Waals surface area contributed by atoms with E-state index in [1.165, 1.54) is 5.56 Å². The van der Waals surface area contributed by atoms with E-state index in [-0.39, 0.29) is 11.9 Å². The lowest BCUT2D eigenvalue weighted by Crippen LogP contribution is -2.49. The second-order valence-corrected chi connectivity index (χ2v) is 9.78. The van der Waals surface area contributed by atoms with Crippen LogP contribution in [0.1, 0.15) is 39.7 Å². The normalized spacial score (nSPS) is 17.0. The highest BCUT2D eigenvalue weighted by molar-refractivity contribution is 7.77. The molecule has 1 amide bonds. The summed E-state index contributed by atoms with van der Waals surface area (Å²) >= 11 is -2.31. The number of aromatic nitrogens is 1. The van der Waals surface area contributed by atoms with Crippen molar-refractivity contribution in [3.63, 3.8) is 0 Å². The molecule has 1 fully saturated rings. The van der Waals surface area contributed by atoms with Crippen molar-refractivity contribution in [1.82, 2.24) is 14.4 Å². The fourth-order valence-electron chi connectivity index (χ4n) is 3.78. The highest BCUT2D eigenvalue weighted by atomic mass is 32.2. The maximum atomic E-state index is 12.8. The zero-order valence-corrected chi connectivity index (χ0v) is 19.2. The summed E-state index contributed by atoms with van der Waals surface area (Å²) in [5.74, 6) is 0.600. The summed E-state index contributed by atoms with van der Waals surface area (Å²) in [6.45, 7) is 13.4. The summed E-state index contributed by atoms with van der Waals surface area (Å²) in [6.07, 6.45) is 0.623. The topological polar surface area (TPSA) is 90.1 Å². The van der Waals surface area contributed by atoms with Gasteiger partial charge in [0, 0.05) is 37.6 Å². The van der Waals surface area contributed by atoms with Gasteiger partial charge in [-0.25, -0.2) is 8.51 Å². The Bertz CT molecular complexity index is 919. The Hall–Kier alpha value is -1.97. The molecule has 1 atom stereocenters. The number of benzene rings is 1. The number of amides is 1. The van der Waals surface area contributed by atoms with Gasteiger partial charge in [-0.3, -0.25) is 14.2 Å². The van der Waals surface area contributed by atoms with E-state index in [2.05, 4.69) is 27.9 Å². The van der Waals surface area contributed by atoms with Gasteiger partial charge in [0.2, 0.25) is 5.91 Å². The van der Waals surface area contributed by atoms with Gasteiger partial charge in [0.25, 0.3) is 11.3 Å². The average molecular weight is 437 g/mol. The number of carbonyl (C=O) groups is 1. The molecule has 9 heteroatoms. The van der Waals surface area contributed by atoms with Gasteiger partial charge in [0.15, 0.2) is 11.4 Å². The molecule has 0 spiro atoms. The minimum Gasteiger partial charge on any atom is -0.354 e. The third-order valence-electron chi connectivity index (χ3n) is 5.75. The molecule has 0 radical (unpaired) electrons. The van der Waals surface area contributed by atoms with Crippen LogP contribution in [-0.2, 0) is 16.1 Å². The van der Waals surface area contributed by atoms with Gasteiger partial charge in [0.1, 0.15) is 0 Å². The number of rotatable bonds is 7. The van der Waals surface area contributed by atoms with Crippen LogP contribution in [0.2, 0.25) is 0 Å². The number of anilines is 1. The fraction of sp³-hybridized carbons (Fsp3) is 0.619. The summed E-state index contributed by atoms with van der Waals surface area (Å²) in [7, 11) is 0. The van der Waals surface area contributed by atoms with Crippen molar-refractivity contribution in [3.05, 3.63) is 23.8 Å². The van der Waals surface area contributed by atoms with Gasteiger partial charge in [-0.1, -0.05) is 30.6 Å². The first-order chi connectivity index (χ1) is 14.1. The first-order valence-corrected chi connectivity index (χ1v) is 11.4. The minimum atomic E-state index is -2.31. The van der Waals surface area contributed by atoms with Crippen molar-refractivity contribution in [1.29, 1.82) is 0 Å². The summed E-state index contributed by atoms with van der Waals surface area (Å²) in [4.78, 5) is 17.4. The molecule has 1 saturated heterocycles. The number of piperazine rings is 1. The molecule has 30 heavy (non-hydrogen) atoms. The molecule has 1 aromatic carbocycles. The number of aryl methyl sites for hydroxylation is 1. The standard InChI is InChI=1S/C21H32N4O4S/c1-15(2)25(30(27)28)20(26)21(4,5)8-9-23-10-12-24(13-11-23)19-17-14-16(3)6-7-18(17)29-22-19/h6-7,14-15H,8-13H2,1-5H3,(H,27,28). The van der Waals surface area contributed by atoms with E-state index in [4.69, 9.17) is 4.52 Å². The lowest BCUT2D eigenvalue weighted by atomic mass is 9.87. The number of hydrogen-bond donors (Lipinski definition) is 1. The summed E-state index contributed by atoms with van der Waals surface area (Å²) in [5.41, 5.74) is 1.27. The molecule has 0 aliphatic carbocycles. The molecule has 1 aliphatic heterocycles. The third-order valence-corrected chi connectivity index (χ3v) is 6.67. The smallest absolute Gasteiger partial charge is 0.264 e. The highest BCUT2D eigenvalue weighted by Gasteiger charge is 2.36. The number of carbonyl (C=O) groups excluding carboxylic acids is 1. The van der Waals surface area contributed by atoms with Gasteiger partial charge >= 0.3 is 0 Å². The van der Waals surface area contributed by atoms with E-state index >= 15 is 0 Å². The predicted octanol–water partition coefficient (Wildman–Crippen LogP) is 3.05. The van der Waals surface area contributed by atoms with Crippen LogP contribution in [0, 0.1) is 12.3 Å². The first kappa shape index (κ1) is 22.7. The van der Waals surface area contributed by atoms with Crippen LogP contribution in [0.4, 0.5) is 5.82 Å². The van der Waals surface area contributed by atoms with Crippen LogP contribution < -0.4 is 4.90 Å². The molecule has 0 bridgehead atoms. The molecule has 1 aliphatic rings. The number of fused-ring (bicyclic) bond motifs is 1. The average Bonchev–Trinajstić information content (AvgIpc) is 3.09. The number of nitrogens with zero attached hydrogens (tertiary/aromatic N) is 4. The van der Waals surface area contributed by atoms with Crippen molar-refractivity contribution in [2.75, 3.05) is 37.6 Å². The SMILES string of the molecule is Cc1ccc2onc(N3CCN(CCC(C)(C)C(=O)N(C(C)C)S(=O)O)CC3)c2c1. The Kier molecular flexibility index (Phi) is 6.84. The quantitative estimate of drug-likeness (QED) is 0.667. The van der Waals surface area contributed by atoms with E-state index in [0.717, 1.165) is 53.8 Å². The van der Waals surface area contributed by atoms with E-state index in [1.807, 2.05) is 26.0 Å². The van der Waals surface area contributed by atoms with Gasteiger partial charge in [0.05, 0.1) is 5.39 Å². The van der Waals surface area contributed by atoms with Crippen molar-refractivity contribution >= 4 is 34.0 Å². The monoisotopic (exact) mass is 436 g/mol. The highest BCUT2D eigenvalue weighted by Crippen LogP contribution is 2.29. The van der Waals surface area contributed by atoms with Crippen molar-refractivity contribution < 1.29 is 18.1 Å². The third kappa shape index (κ3) is 4.84. The van der Waals surface area contributed by atoms with Gasteiger partial charge in [-0.05, 0) is 45.9 Å². The van der Waals surface area contributed by atoms with Crippen LogP contribution in [-0.4, -0.2) is 67.8 Å². The minimum absolute atomic E-state index is 0.290. The number of hydrogen-bond acceptors (Lipinski definition) is 6. The van der Waals surface area contributed by atoms with Gasteiger partial charge in [-0.2, -0.15) is 0 Å². The zero-order chi connectivity index (χ0) is 22.1. The van der Waals surface area contributed by atoms with E-state index < -0.39 is 16.7 Å². The van der Waals surface area contributed by atoms with Crippen molar-refractivity contribution in [2.24, 2.45) is 5.41 Å². The first-order valence-electron chi connectivity index (χ1n) is 10.4. The largest absolute Gasteiger partial charge is 0.354 e. The summed E-state index contributed by atoms with van der Waals surface area (Å²) in [5, 5.41) is 5.32. The van der Waals surface area contributed by atoms with Crippen LogP contribution >= 0.6 is 0 Å². The summed E-state index contributed by atoms with van der Waals surface area (Å²) in [6, 6.07) is 5.75. The predicted molar refractivity (Wildman–Crippen MR) is 119 cm³/mol. The second kappa shape index (κ2) is 9.03. The van der Waals surface area contributed by atoms with Crippen LogP contribution in [0.3, 0.4) is 0 Å². The Morgan fingerprint density at radius 2 is 1.97 bits per heavy atom. The molecule has 1 N–H and O–H groups in total. The van der Waals surface area contributed by atoms with Crippen LogP contribution in [0.15, 0.2) is 22.7 Å². The van der Waals surface area contributed by atoms with E-state index in [9.17, 15) is 13.6 Å². The Labute approximate surface area is 180 Å². The van der Waals surface area contributed by atoms with Crippen LogP contribution in [0.5, 0.6) is 0 Å². The zero-order valence-electron chi connectivity index (χ0n) is 18.4. The molecule has 0 saturated carbocycles. The Morgan fingerprint density at radius 3 is 2.57 bits per heavy atom. The molecule has 1 unspecified atom stereocenters. The molecule has 8 nitrogen and oxygen atoms in total. The Balaban J connectivity index is 1.57. The molecule has 2 aromatic rings. The maximum Gasteiger partial charge on any atom is 0.264 e. The van der Waals surface area contributed by atoms with Crippen LogP contribution in [0.25, 0.3) is 11.0 Å². The lowest BCUT2D eigenvalue weighted by molar-refractivity contribution is -0.137. The molecular weight excluding hydrogens is 404 g/mol. The Morgan fingerprint density at radius 1 is 1.30 bits per heavy atom. The van der Waals surface area contributed by atoms with Gasteiger partial charge < -0.3 is 9.42 Å².